The summed E-state index contributed by atoms with van der Waals surface area (Å²) in [5.41, 5.74) is 1.48. The molecule has 24 heavy (non-hydrogen) atoms. The van der Waals surface area contributed by atoms with Crippen molar-refractivity contribution < 1.29 is 14.3 Å². The number of morpholine rings is 1. The minimum absolute atomic E-state index is 0.103. The predicted molar refractivity (Wildman–Crippen MR) is 92.5 cm³/mol. The maximum absolute atomic E-state index is 12.3. The van der Waals surface area contributed by atoms with E-state index in [4.69, 9.17) is 9.47 Å². The van der Waals surface area contributed by atoms with Gasteiger partial charge < -0.3 is 14.4 Å². The molecule has 1 fully saturated rings. The first-order valence-corrected chi connectivity index (χ1v) is 8.87. The van der Waals surface area contributed by atoms with Crippen LogP contribution in [0, 0.1) is 6.92 Å². The van der Waals surface area contributed by atoms with Gasteiger partial charge in [0, 0.05) is 23.8 Å². The van der Waals surface area contributed by atoms with Crippen LogP contribution < -0.4 is 4.90 Å². The van der Waals surface area contributed by atoms with Gasteiger partial charge in [-0.1, -0.05) is 0 Å². The topological polar surface area (TPSA) is 64.6 Å². The molecule has 0 radical (unpaired) electrons. The number of hydrogen-bond donors (Lipinski definition) is 0. The van der Waals surface area contributed by atoms with Crippen molar-refractivity contribution in [2.75, 3.05) is 24.6 Å². The molecule has 0 N–H and O–H groups in total. The Morgan fingerprint density at radius 3 is 3.04 bits per heavy atom. The lowest BCUT2D eigenvalue weighted by Crippen LogP contribution is -2.39. The first-order chi connectivity index (χ1) is 11.5. The molecule has 0 amide bonds. The lowest BCUT2D eigenvalue weighted by molar-refractivity contribution is 0.0356. The van der Waals surface area contributed by atoms with E-state index in [1.807, 2.05) is 26.2 Å². The van der Waals surface area contributed by atoms with Crippen LogP contribution in [0.5, 0.6) is 0 Å². The van der Waals surface area contributed by atoms with Crippen LogP contribution in [0.15, 0.2) is 23.7 Å². The standard InChI is InChI=1S/C17H21N3O3S/c1-11(2)23-17(21)13-5-4-6-18-15(13)20-7-8-22-14(9-20)16-19-12(3)10-24-16/h4-6,10-11,14H,7-9H2,1-3H3/t14-/m0/s1. The number of hydrogen-bond acceptors (Lipinski definition) is 7. The molecule has 3 heterocycles. The number of pyridine rings is 1. The molecular weight excluding hydrogens is 326 g/mol. The predicted octanol–water partition coefficient (Wildman–Crippen LogP) is 2.99. The molecule has 0 spiro atoms. The fourth-order valence-corrected chi connectivity index (χ4v) is 3.43. The summed E-state index contributed by atoms with van der Waals surface area (Å²) in [4.78, 5) is 23.3. The summed E-state index contributed by atoms with van der Waals surface area (Å²) in [5.74, 6) is 0.297. The lowest BCUT2D eigenvalue weighted by Gasteiger charge is -2.33. The lowest BCUT2D eigenvalue weighted by atomic mass is 10.2. The molecule has 1 saturated heterocycles. The number of rotatable bonds is 4. The van der Waals surface area contributed by atoms with E-state index >= 15 is 0 Å². The third kappa shape index (κ3) is 3.73. The maximum atomic E-state index is 12.3. The van der Waals surface area contributed by atoms with Crippen LogP contribution in [0.3, 0.4) is 0 Å². The summed E-state index contributed by atoms with van der Waals surface area (Å²) >= 11 is 1.60. The quantitative estimate of drug-likeness (QED) is 0.792. The van der Waals surface area contributed by atoms with E-state index in [-0.39, 0.29) is 18.2 Å². The Hall–Kier alpha value is -1.99. The fraction of sp³-hybridized carbons (Fsp3) is 0.471. The average Bonchev–Trinajstić information content (AvgIpc) is 3.01. The molecule has 0 unspecified atom stereocenters. The highest BCUT2D eigenvalue weighted by molar-refractivity contribution is 7.09. The number of carbonyl (C=O) groups excluding carboxylic acids is 1. The average molecular weight is 347 g/mol. The van der Waals surface area contributed by atoms with Gasteiger partial charge in [0.25, 0.3) is 0 Å². The van der Waals surface area contributed by atoms with Crippen LogP contribution in [0.4, 0.5) is 5.82 Å². The number of anilines is 1. The van der Waals surface area contributed by atoms with Crippen LogP contribution in [-0.2, 0) is 9.47 Å². The highest BCUT2D eigenvalue weighted by Gasteiger charge is 2.28. The second kappa shape index (κ2) is 7.27. The Kier molecular flexibility index (Phi) is 5.11. The van der Waals surface area contributed by atoms with Crippen LogP contribution in [0.1, 0.15) is 41.0 Å². The van der Waals surface area contributed by atoms with E-state index in [2.05, 4.69) is 14.9 Å². The van der Waals surface area contributed by atoms with Crippen LogP contribution in [0.2, 0.25) is 0 Å². The van der Waals surface area contributed by atoms with E-state index in [0.29, 0.717) is 31.1 Å². The van der Waals surface area contributed by atoms with Crippen LogP contribution in [-0.4, -0.2) is 41.7 Å². The normalized spacial score (nSPS) is 18.0. The Bertz CT molecular complexity index is 717. The molecule has 0 saturated carbocycles. The SMILES string of the molecule is Cc1csc([C@@H]2CN(c3ncccc3C(=O)OC(C)C)CCO2)n1. The van der Waals surface area contributed by atoms with Gasteiger partial charge in [-0.25, -0.2) is 14.8 Å². The van der Waals surface area contributed by atoms with Crippen molar-refractivity contribution in [2.45, 2.75) is 33.0 Å². The Labute approximate surface area is 145 Å². The smallest absolute Gasteiger partial charge is 0.342 e. The third-order valence-electron chi connectivity index (χ3n) is 3.63. The van der Waals surface area contributed by atoms with E-state index in [0.717, 1.165) is 10.7 Å². The second-order valence-electron chi connectivity index (χ2n) is 5.96. The fourth-order valence-electron chi connectivity index (χ4n) is 2.60. The monoisotopic (exact) mass is 347 g/mol. The zero-order chi connectivity index (χ0) is 17.1. The highest BCUT2D eigenvalue weighted by atomic mass is 32.1. The Morgan fingerprint density at radius 2 is 2.33 bits per heavy atom. The number of aryl methyl sites for hydroxylation is 1. The summed E-state index contributed by atoms with van der Waals surface area (Å²) in [7, 11) is 0. The molecule has 128 valence electrons. The summed E-state index contributed by atoms with van der Waals surface area (Å²) in [6.07, 6.45) is 1.43. The number of esters is 1. The summed E-state index contributed by atoms with van der Waals surface area (Å²) in [5, 5.41) is 2.98. The van der Waals surface area contributed by atoms with Gasteiger partial charge in [-0.2, -0.15) is 0 Å². The molecule has 0 bridgehead atoms. The van der Waals surface area contributed by atoms with E-state index in [1.54, 1.807) is 29.7 Å². The Balaban J connectivity index is 1.82. The van der Waals surface area contributed by atoms with Gasteiger partial charge in [0.2, 0.25) is 0 Å². The molecular formula is C17H21N3O3S. The zero-order valence-corrected chi connectivity index (χ0v) is 14.9. The first kappa shape index (κ1) is 16.9. The molecule has 2 aromatic rings. The molecule has 1 aliphatic rings. The molecule has 0 aromatic carbocycles. The van der Waals surface area contributed by atoms with Gasteiger partial charge >= 0.3 is 5.97 Å². The van der Waals surface area contributed by atoms with Gasteiger partial charge in [0.05, 0.1) is 19.3 Å². The second-order valence-corrected chi connectivity index (χ2v) is 6.85. The number of nitrogens with zero attached hydrogens (tertiary/aromatic N) is 3. The minimum atomic E-state index is -0.346. The van der Waals surface area contributed by atoms with Crippen molar-refractivity contribution in [3.8, 4) is 0 Å². The van der Waals surface area contributed by atoms with Gasteiger partial charge in [0.15, 0.2) is 0 Å². The van der Waals surface area contributed by atoms with Crippen LogP contribution >= 0.6 is 11.3 Å². The van der Waals surface area contributed by atoms with Crippen molar-refractivity contribution >= 4 is 23.1 Å². The number of thiazole rings is 1. The van der Waals surface area contributed by atoms with Crippen molar-refractivity contribution in [1.29, 1.82) is 0 Å². The van der Waals surface area contributed by atoms with Crippen molar-refractivity contribution in [2.24, 2.45) is 0 Å². The maximum Gasteiger partial charge on any atom is 0.342 e. The van der Waals surface area contributed by atoms with Crippen molar-refractivity contribution in [3.05, 3.63) is 40.0 Å². The van der Waals surface area contributed by atoms with Crippen LogP contribution in [0.25, 0.3) is 0 Å². The van der Waals surface area contributed by atoms with E-state index in [1.165, 1.54) is 0 Å². The highest BCUT2D eigenvalue weighted by Crippen LogP contribution is 2.29. The van der Waals surface area contributed by atoms with Gasteiger partial charge in [-0.15, -0.1) is 11.3 Å². The number of aromatic nitrogens is 2. The number of ether oxygens (including phenoxy) is 2. The molecule has 1 aliphatic heterocycles. The van der Waals surface area contributed by atoms with Crippen molar-refractivity contribution in [1.82, 2.24) is 9.97 Å². The summed E-state index contributed by atoms with van der Waals surface area (Å²) in [6.45, 7) is 7.51. The largest absolute Gasteiger partial charge is 0.459 e. The zero-order valence-electron chi connectivity index (χ0n) is 14.1. The van der Waals surface area contributed by atoms with Crippen molar-refractivity contribution in [3.63, 3.8) is 0 Å². The van der Waals surface area contributed by atoms with E-state index < -0.39 is 0 Å². The van der Waals surface area contributed by atoms with E-state index in [9.17, 15) is 4.79 Å². The minimum Gasteiger partial charge on any atom is -0.459 e. The van der Waals surface area contributed by atoms with Gasteiger partial charge in [-0.05, 0) is 32.9 Å². The molecule has 3 rings (SSSR count). The summed E-state index contributed by atoms with van der Waals surface area (Å²) < 4.78 is 11.2. The number of carbonyl (C=O) groups is 1. The molecule has 6 nitrogen and oxygen atoms in total. The first-order valence-electron chi connectivity index (χ1n) is 7.99. The van der Waals surface area contributed by atoms with Gasteiger partial charge in [-0.3, -0.25) is 0 Å². The molecule has 2 aromatic heterocycles. The molecule has 1 atom stereocenters. The Morgan fingerprint density at radius 1 is 1.50 bits per heavy atom. The summed E-state index contributed by atoms with van der Waals surface area (Å²) in [6, 6.07) is 3.51. The molecule has 7 heteroatoms. The molecule has 0 aliphatic carbocycles. The third-order valence-corrected chi connectivity index (χ3v) is 4.68. The van der Waals surface area contributed by atoms with Gasteiger partial charge in [0.1, 0.15) is 22.5 Å².